The van der Waals surface area contributed by atoms with Gasteiger partial charge in [0.1, 0.15) is 11.3 Å². The number of fused-ring (bicyclic) bond motifs is 1. The van der Waals surface area contributed by atoms with E-state index in [1.165, 1.54) is 0 Å². The van der Waals surface area contributed by atoms with Gasteiger partial charge >= 0.3 is 11.9 Å². The Kier molecular flexibility index (Phi) is 6.91. The van der Waals surface area contributed by atoms with Gasteiger partial charge in [0.05, 0.1) is 12.1 Å². The topological polar surface area (TPSA) is 111 Å². The van der Waals surface area contributed by atoms with Crippen LogP contribution in [0, 0.1) is 0 Å². The summed E-state index contributed by atoms with van der Waals surface area (Å²) in [6.07, 6.45) is 1.49. The molecule has 3 N–H and O–H groups in total. The first-order valence-electron chi connectivity index (χ1n) is 9.41. The molecule has 0 atom stereocenters. The highest BCUT2D eigenvalue weighted by atomic mass is 79.9. The van der Waals surface area contributed by atoms with Gasteiger partial charge < -0.3 is 19.7 Å². The molecule has 0 amide bonds. The van der Waals surface area contributed by atoms with E-state index in [-0.39, 0.29) is 0 Å². The molecule has 3 aromatic rings. The Morgan fingerprint density at radius 3 is 2.17 bits per heavy atom. The summed E-state index contributed by atoms with van der Waals surface area (Å²) in [6.45, 7) is 2.53. The molecule has 2 heterocycles. The molecule has 1 aliphatic heterocycles. The van der Waals surface area contributed by atoms with Crippen LogP contribution in [0.3, 0.4) is 0 Å². The zero-order chi connectivity index (χ0) is 21.7. The molecule has 1 fully saturated rings. The number of furan rings is 1. The lowest BCUT2D eigenvalue weighted by Crippen LogP contribution is -2.42. The molecule has 8 heteroatoms. The molecule has 1 saturated heterocycles. The van der Waals surface area contributed by atoms with Gasteiger partial charge in [0.15, 0.2) is 0 Å². The van der Waals surface area contributed by atoms with Crippen molar-refractivity contribution in [2.45, 2.75) is 25.0 Å². The van der Waals surface area contributed by atoms with Gasteiger partial charge in [-0.25, -0.2) is 9.59 Å². The molecular formula is C22H22BrNO6. The Balaban J connectivity index is 0.000000377. The van der Waals surface area contributed by atoms with Gasteiger partial charge in [-0.2, -0.15) is 0 Å². The number of carboxylic acid groups (broad SMARTS) is 2. The molecule has 1 aliphatic rings. The third-order valence-electron chi connectivity index (χ3n) is 5.10. The van der Waals surface area contributed by atoms with E-state index in [4.69, 9.17) is 24.2 Å². The lowest BCUT2D eigenvalue weighted by Gasteiger charge is -2.38. The summed E-state index contributed by atoms with van der Waals surface area (Å²) in [5, 5.41) is 26.9. The fourth-order valence-corrected chi connectivity index (χ4v) is 3.73. The number of benzene rings is 2. The van der Waals surface area contributed by atoms with Gasteiger partial charge in [-0.3, -0.25) is 4.90 Å². The minimum absolute atomic E-state index is 0.717. The van der Waals surface area contributed by atoms with Gasteiger partial charge in [0.2, 0.25) is 0 Å². The predicted molar refractivity (Wildman–Crippen MR) is 114 cm³/mol. The molecule has 0 bridgehead atoms. The quantitative estimate of drug-likeness (QED) is 0.493. The fraction of sp³-hybridized carbons (Fsp3) is 0.273. The molecule has 30 heavy (non-hydrogen) atoms. The zero-order valence-electron chi connectivity index (χ0n) is 16.1. The van der Waals surface area contributed by atoms with Crippen molar-refractivity contribution in [3.63, 3.8) is 0 Å². The highest BCUT2D eigenvalue weighted by molar-refractivity contribution is 9.10. The summed E-state index contributed by atoms with van der Waals surface area (Å²) in [5.41, 5.74) is 1.23. The minimum Gasteiger partial charge on any atom is -0.473 e. The van der Waals surface area contributed by atoms with Gasteiger partial charge in [0.25, 0.3) is 0 Å². The molecular weight excluding hydrogens is 454 g/mol. The van der Waals surface area contributed by atoms with Crippen LogP contribution in [0.5, 0.6) is 0 Å². The van der Waals surface area contributed by atoms with Crippen molar-refractivity contribution in [1.29, 1.82) is 0 Å². The van der Waals surface area contributed by atoms with E-state index in [1.807, 2.05) is 42.5 Å². The number of hydrogen-bond donors (Lipinski definition) is 3. The molecule has 7 nitrogen and oxygen atoms in total. The number of aliphatic hydroxyl groups is 1. The maximum atomic E-state index is 11.0. The van der Waals surface area contributed by atoms with Crippen LogP contribution in [0.25, 0.3) is 11.0 Å². The maximum absolute atomic E-state index is 11.0. The lowest BCUT2D eigenvalue weighted by atomic mass is 9.84. The summed E-state index contributed by atoms with van der Waals surface area (Å²) < 4.78 is 6.95. The van der Waals surface area contributed by atoms with Crippen LogP contribution < -0.4 is 0 Å². The van der Waals surface area contributed by atoms with Gasteiger partial charge in [-0.1, -0.05) is 46.3 Å². The number of likely N-dealkylation sites (tertiary alicyclic amines) is 1. The normalized spacial score (nSPS) is 15.9. The van der Waals surface area contributed by atoms with Crippen molar-refractivity contribution in [3.05, 3.63) is 70.4 Å². The number of hydrogen-bond acceptors (Lipinski definition) is 5. The van der Waals surface area contributed by atoms with Gasteiger partial charge in [-0.05, 0) is 42.7 Å². The second-order valence-electron chi connectivity index (χ2n) is 7.18. The van der Waals surface area contributed by atoms with Crippen LogP contribution in [0.4, 0.5) is 0 Å². The Hall–Kier alpha value is -2.68. The third kappa shape index (κ3) is 5.47. The van der Waals surface area contributed by atoms with E-state index in [2.05, 4.69) is 33.0 Å². The molecule has 4 rings (SSSR count). The lowest BCUT2D eigenvalue weighted by molar-refractivity contribution is -0.159. The summed E-state index contributed by atoms with van der Waals surface area (Å²) in [6, 6.07) is 18.2. The van der Waals surface area contributed by atoms with Crippen LogP contribution in [-0.4, -0.2) is 45.2 Å². The second kappa shape index (κ2) is 9.42. The van der Waals surface area contributed by atoms with Crippen molar-refractivity contribution in [2.24, 2.45) is 0 Å². The van der Waals surface area contributed by atoms with Gasteiger partial charge in [0, 0.05) is 22.9 Å². The molecule has 0 spiro atoms. The Bertz CT molecular complexity index is 977. The first-order valence-corrected chi connectivity index (χ1v) is 10.2. The monoisotopic (exact) mass is 475 g/mol. The van der Waals surface area contributed by atoms with E-state index < -0.39 is 17.5 Å². The number of carboxylic acids is 2. The van der Waals surface area contributed by atoms with Crippen LogP contribution in [0.15, 0.2) is 63.5 Å². The van der Waals surface area contributed by atoms with Crippen LogP contribution in [-0.2, 0) is 21.7 Å². The zero-order valence-corrected chi connectivity index (χ0v) is 17.7. The Morgan fingerprint density at radius 2 is 1.60 bits per heavy atom. The first-order chi connectivity index (χ1) is 14.3. The summed E-state index contributed by atoms with van der Waals surface area (Å²) in [7, 11) is 0. The van der Waals surface area contributed by atoms with E-state index in [1.54, 1.807) is 0 Å². The highest BCUT2D eigenvalue weighted by Gasteiger charge is 2.34. The smallest absolute Gasteiger partial charge is 0.414 e. The SMILES string of the molecule is O=C(O)C(=O)O.OC1(c2ccc(Br)cc2)CCN(Cc2cc3ccccc3o2)CC1. The van der Waals surface area contributed by atoms with Crippen LogP contribution in [0.1, 0.15) is 24.2 Å². The molecule has 0 unspecified atom stereocenters. The fourth-order valence-electron chi connectivity index (χ4n) is 3.47. The standard InChI is InChI=1S/C20H20BrNO2.C2H2O4/c21-17-7-5-16(6-8-17)20(23)9-11-22(12-10-20)14-18-13-15-3-1-2-4-19(15)24-18;3-1(4)2(5)6/h1-8,13,23H,9-12,14H2;(H,3,4)(H,5,6). The number of halogens is 1. The molecule has 158 valence electrons. The van der Waals surface area contributed by atoms with Crippen molar-refractivity contribution in [3.8, 4) is 0 Å². The number of piperidine rings is 1. The molecule has 2 aromatic carbocycles. The number of aliphatic carboxylic acids is 2. The van der Waals surface area contributed by atoms with E-state index in [9.17, 15) is 5.11 Å². The van der Waals surface area contributed by atoms with Crippen molar-refractivity contribution in [2.75, 3.05) is 13.1 Å². The predicted octanol–water partition coefficient (Wildman–Crippen LogP) is 3.83. The Labute approximate surface area is 181 Å². The van der Waals surface area contributed by atoms with Crippen LogP contribution >= 0.6 is 15.9 Å². The number of carbonyl (C=O) groups is 2. The van der Waals surface area contributed by atoms with E-state index in [0.29, 0.717) is 0 Å². The largest absolute Gasteiger partial charge is 0.473 e. The number of rotatable bonds is 3. The minimum atomic E-state index is -1.82. The van der Waals surface area contributed by atoms with Gasteiger partial charge in [-0.15, -0.1) is 0 Å². The van der Waals surface area contributed by atoms with Crippen LogP contribution in [0.2, 0.25) is 0 Å². The third-order valence-corrected chi connectivity index (χ3v) is 5.63. The number of para-hydroxylation sites is 1. The molecule has 0 radical (unpaired) electrons. The average molecular weight is 476 g/mol. The molecule has 0 saturated carbocycles. The van der Waals surface area contributed by atoms with E-state index in [0.717, 1.165) is 59.2 Å². The highest BCUT2D eigenvalue weighted by Crippen LogP contribution is 2.34. The average Bonchev–Trinajstić information content (AvgIpc) is 3.13. The second-order valence-corrected chi connectivity index (χ2v) is 8.09. The first kappa shape index (κ1) is 22.0. The van der Waals surface area contributed by atoms with Crippen molar-refractivity contribution < 1.29 is 29.3 Å². The summed E-state index contributed by atoms with van der Waals surface area (Å²) in [5.74, 6) is -2.66. The maximum Gasteiger partial charge on any atom is 0.414 e. The van der Waals surface area contributed by atoms with Crippen molar-refractivity contribution in [1.82, 2.24) is 4.90 Å². The molecule has 1 aromatic heterocycles. The summed E-state index contributed by atoms with van der Waals surface area (Å²) in [4.78, 5) is 20.6. The van der Waals surface area contributed by atoms with E-state index >= 15 is 0 Å². The van der Waals surface area contributed by atoms with Crippen molar-refractivity contribution >= 4 is 38.8 Å². The molecule has 0 aliphatic carbocycles. The Morgan fingerprint density at radius 1 is 1.00 bits per heavy atom. The number of nitrogens with zero attached hydrogens (tertiary/aromatic N) is 1. The summed E-state index contributed by atoms with van der Waals surface area (Å²) >= 11 is 3.45.